The first-order valence-corrected chi connectivity index (χ1v) is 14.9. The normalized spacial score (nSPS) is 14.2. The van der Waals surface area contributed by atoms with E-state index in [0.717, 1.165) is 26.3 Å². The fourth-order valence-corrected chi connectivity index (χ4v) is 5.17. The van der Waals surface area contributed by atoms with E-state index in [1.807, 2.05) is 11.6 Å². The summed E-state index contributed by atoms with van der Waals surface area (Å²) in [4.78, 5) is 30.1. The maximum absolute atomic E-state index is 13.5. The number of aromatic nitrogens is 4. The molecule has 0 aliphatic carbocycles. The summed E-state index contributed by atoms with van der Waals surface area (Å²) in [6, 6.07) is 12.7. The number of rotatable bonds is 9. The van der Waals surface area contributed by atoms with Gasteiger partial charge in [0.25, 0.3) is 16.8 Å². The molecule has 1 amide bonds. The van der Waals surface area contributed by atoms with Crippen molar-refractivity contribution in [3.63, 3.8) is 0 Å². The van der Waals surface area contributed by atoms with E-state index in [1.165, 1.54) is 29.3 Å². The second-order valence-electron chi connectivity index (χ2n) is 11.2. The maximum Gasteiger partial charge on any atom is 0.511 e. The number of nitrogens with zero attached hydrogens (tertiary/aromatic N) is 5. The Bertz CT molecular complexity index is 1770. The van der Waals surface area contributed by atoms with Gasteiger partial charge >= 0.3 is 12.3 Å². The zero-order valence-electron chi connectivity index (χ0n) is 24.4. The number of carbonyl (C=O) groups excluding carboxylic acids is 2. The van der Waals surface area contributed by atoms with Gasteiger partial charge in [0.05, 0.1) is 35.3 Å². The van der Waals surface area contributed by atoms with Gasteiger partial charge in [-0.15, -0.1) is 0 Å². The predicted molar refractivity (Wildman–Crippen MR) is 149 cm³/mol. The highest BCUT2D eigenvalue weighted by molar-refractivity contribution is 7.90. The average Bonchev–Trinajstić information content (AvgIpc) is 3.49. The lowest BCUT2D eigenvalue weighted by molar-refractivity contribution is -0.141. The summed E-state index contributed by atoms with van der Waals surface area (Å²) in [7, 11) is -4.30. The molecule has 0 atom stereocenters. The monoisotopic (exact) mass is 654 g/mol. The molecule has 0 saturated carbocycles. The van der Waals surface area contributed by atoms with Gasteiger partial charge in [-0.25, -0.2) is 22.6 Å². The molecule has 1 aliphatic heterocycles. The molecule has 2 aromatic heterocycles. The Morgan fingerprint density at radius 3 is 2.29 bits per heavy atom. The molecule has 4 aromatic rings. The highest BCUT2D eigenvalue weighted by Gasteiger charge is 2.40. The highest BCUT2D eigenvalue weighted by atomic mass is 32.2. The molecule has 14 nitrogen and oxygen atoms in total. The van der Waals surface area contributed by atoms with Gasteiger partial charge in [-0.2, -0.15) is 22.9 Å². The van der Waals surface area contributed by atoms with Crippen molar-refractivity contribution in [1.29, 1.82) is 0 Å². The van der Waals surface area contributed by atoms with Crippen LogP contribution in [-0.4, -0.2) is 65.7 Å². The third kappa shape index (κ3) is 7.44. The van der Waals surface area contributed by atoms with Gasteiger partial charge in [0.15, 0.2) is 5.69 Å². The Hall–Kier alpha value is -4.87. The molecule has 5 rings (SSSR count). The summed E-state index contributed by atoms with van der Waals surface area (Å²) in [6.07, 6.45) is -5.63. The van der Waals surface area contributed by atoms with Crippen LogP contribution in [0.3, 0.4) is 0 Å². The van der Waals surface area contributed by atoms with Crippen LogP contribution in [0.1, 0.15) is 32.0 Å². The lowest BCUT2D eigenvalue weighted by Gasteiger charge is -2.34. The number of benzene rings is 2. The number of carbonyl (C=O) groups is 2. The van der Waals surface area contributed by atoms with Crippen LogP contribution in [0.4, 0.5) is 18.0 Å². The van der Waals surface area contributed by atoms with Gasteiger partial charge in [0.2, 0.25) is 5.91 Å². The molecule has 1 N–H and O–H groups in total. The first-order valence-electron chi connectivity index (χ1n) is 13.4. The topological polar surface area (TPSA) is 152 Å². The quantitative estimate of drug-likeness (QED) is 0.210. The molecule has 45 heavy (non-hydrogen) atoms. The maximum atomic E-state index is 13.5. The zero-order valence-corrected chi connectivity index (χ0v) is 25.3. The molecule has 2 aromatic carbocycles. The van der Waals surface area contributed by atoms with Crippen molar-refractivity contribution in [2.75, 3.05) is 24.9 Å². The minimum Gasteiger partial charge on any atom is -0.428 e. The van der Waals surface area contributed by atoms with Crippen LogP contribution in [0.2, 0.25) is 0 Å². The summed E-state index contributed by atoms with van der Waals surface area (Å²) >= 11 is 0. The largest absolute Gasteiger partial charge is 0.511 e. The Kier molecular flexibility index (Phi) is 8.11. The van der Waals surface area contributed by atoms with Crippen LogP contribution in [-0.2, 0) is 30.5 Å². The number of ether oxygens (including phenoxy) is 2. The van der Waals surface area contributed by atoms with Gasteiger partial charge < -0.3 is 14.3 Å². The SMILES string of the molecule is Cc1ccc(-c2cc(C(F)(F)F)nn2-c2ccc(S(=O)(=O)NC(=O)C3CN(n4on4OCOC(=O)OC(C)(C)C)C3)cc2)cc1. The predicted octanol–water partition coefficient (Wildman–Crippen LogP) is 3.47. The number of halogens is 3. The van der Waals surface area contributed by atoms with Crippen LogP contribution >= 0.6 is 0 Å². The second kappa shape index (κ2) is 11.6. The molecular weight excluding hydrogens is 625 g/mol. The molecule has 242 valence electrons. The van der Waals surface area contributed by atoms with Crippen molar-refractivity contribution in [2.45, 2.75) is 44.4 Å². The summed E-state index contributed by atoms with van der Waals surface area (Å²) < 4.78 is 84.1. The first kappa shape index (κ1) is 31.6. The minimum absolute atomic E-state index is 0.0930. The molecule has 1 saturated heterocycles. The summed E-state index contributed by atoms with van der Waals surface area (Å²) in [5, 5.41) is 6.12. The van der Waals surface area contributed by atoms with Crippen LogP contribution in [0.25, 0.3) is 16.9 Å². The summed E-state index contributed by atoms with van der Waals surface area (Å²) in [5.41, 5.74) is -0.0886. The van der Waals surface area contributed by atoms with Crippen molar-refractivity contribution in [3.05, 3.63) is 65.9 Å². The third-order valence-electron chi connectivity index (χ3n) is 6.44. The van der Waals surface area contributed by atoms with E-state index in [1.54, 1.807) is 45.0 Å². The number of hydrogen-bond acceptors (Lipinski definition) is 10. The van der Waals surface area contributed by atoms with E-state index in [2.05, 4.69) is 5.10 Å². The molecule has 0 bridgehead atoms. The molecule has 18 heteroatoms. The molecule has 3 heterocycles. The number of aryl methyl sites for hydroxylation is 1. The van der Waals surface area contributed by atoms with Crippen molar-refractivity contribution < 1.29 is 50.1 Å². The van der Waals surface area contributed by atoms with E-state index in [0.29, 0.717) is 5.56 Å². The zero-order chi connectivity index (χ0) is 32.7. The highest BCUT2D eigenvalue weighted by Crippen LogP contribution is 2.33. The fourth-order valence-electron chi connectivity index (χ4n) is 4.12. The van der Waals surface area contributed by atoms with Crippen molar-refractivity contribution in [3.8, 4) is 16.9 Å². The van der Waals surface area contributed by atoms with Crippen LogP contribution in [0.5, 0.6) is 0 Å². The van der Waals surface area contributed by atoms with Crippen molar-refractivity contribution in [2.24, 2.45) is 5.92 Å². The Morgan fingerprint density at radius 1 is 1.04 bits per heavy atom. The average molecular weight is 655 g/mol. The van der Waals surface area contributed by atoms with Gasteiger partial charge in [0, 0.05) is 10.5 Å². The van der Waals surface area contributed by atoms with Crippen LogP contribution in [0, 0.1) is 12.8 Å². The lowest BCUT2D eigenvalue weighted by Crippen LogP contribution is -2.58. The molecule has 1 aliphatic rings. The third-order valence-corrected chi connectivity index (χ3v) is 7.80. The van der Waals surface area contributed by atoms with Crippen molar-refractivity contribution in [1.82, 2.24) is 24.5 Å². The Balaban J connectivity index is 1.17. The number of sulfonamides is 1. The van der Waals surface area contributed by atoms with Crippen LogP contribution in [0.15, 0.2) is 64.1 Å². The van der Waals surface area contributed by atoms with Gasteiger partial charge in [-0.1, -0.05) is 29.8 Å². The van der Waals surface area contributed by atoms with Gasteiger partial charge in [0.1, 0.15) is 10.6 Å². The van der Waals surface area contributed by atoms with E-state index < -0.39 is 52.3 Å². The molecule has 0 unspecified atom stereocenters. The van der Waals surface area contributed by atoms with E-state index >= 15 is 0 Å². The van der Waals surface area contributed by atoms with Crippen LogP contribution < -0.4 is 14.6 Å². The first-order chi connectivity index (χ1) is 21.0. The summed E-state index contributed by atoms with van der Waals surface area (Å²) in [5.74, 6) is -1.47. The van der Waals surface area contributed by atoms with Gasteiger partial charge in [-0.3, -0.25) is 9.80 Å². The fraction of sp³-hybridized carbons (Fsp3) is 0.370. The van der Waals surface area contributed by atoms with E-state index in [4.69, 9.17) is 18.9 Å². The lowest BCUT2D eigenvalue weighted by atomic mass is 10.0. The number of nitrogens with one attached hydrogen (secondary N) is 1. The summed E-state index contributed by atoms with van der Waals surface area (Å²) in [6.45, 7) is 6.54. The smallest absolute Gasteiger partial charge is 0.428 e. The molecule has 1 fully saturated rings. The molecule has 0 spiro atoms. The Labute approximate surface area is 254 Å². The molecular formula is C27H29F3N6O8S. The minimum atomic E-state index is -4.69. The van der Waals surface area contributed by atoms with Gasteiger partial charge in [-0.05, 0) is 58.0 Å². The van der Waals surface area contributed by atoms with Crippen molar-refractivity contribution >= 4 is 22.1 Å². The van der Waals surface area contributed by atoms with E-state index in [-0.39, 0.29) is 29.4 Å². The number of amides is 1. The van der Waals surface area contributed by atoms with E-state index in [9.17, 15) is 31.2 Å². The second-order valence-corrected chi connectivity index (χ2v) is 12.8. The standard InChI is InChI=1S/C27H29F3N6O8S/c1-17-5-7-18(8-6-17)22-13-23(27(28,29)30)31-34(22)20-9-11-21(12-10-20)45(39,40)32-24(37)19-14-33(15-19)35-36(44-35)42-16-41-25(38)43-26(2,3)4/h5-13,19H,14-16H2,1-4H3,(H,32,37). The molecule has 0 radical (unpaired) electrons. The Morgan fingerprint density at radius 2 is 1.69 bits per heavy atom. The number of alkyl halides is 3. The number of hydrogen-bond donors (Lipinski definition) is 1.